The molecule has 1 unspecified atom stereocenters. The van der Waals surface area contributed by atoms with E-state index in [-0.39, 0.29) is 0 Å². The first-order valence-electron chi connectivity index (χ1n) is 5.28. The number of phenolic OH excluding ortho intramolecular Hbond substituents is 1. The van der Waals surface area contributed by atoms with Gasteiger partial charge in [0, 0.05) is 0 Å². The molecule has 0 spiro atoms. The van der Waals surface area contributed by atoms with Gasteiger partial charge in [-0.25, -0.2) is 4.39 Å². The molecule has 0 aliphatic rings. The monoisotopic (exact) mass is 236 g/mol. The molecule has 4 nitrogen and oxygen atoms in total. The van der Waals surface area contributed by atoms with Crippen LogP contribution in [0.1, 0.15) is 30.1 Å². The third-order valence-electron chi connectivity index (χ3n) is 2.26. The van der Waals surface area contributed by atoms with Crippen LogP contribution in [0.15, 0.2) is 18.2 Å². The van der Waals surface area contributed by atoms with Crippen molar-refractivity contribution in [1.29, 1.82) is 5.26 Å². The number of carbonyl (C=O) groups excluding carboxylic acids is 1. The number of rotatable bonds is 4. The Balaban J connectivity index is 2.87. The highest BCUT2D eigenvalue weighted by Crippen LogP contribution is 2.19. The Hall–Kier alpha value is -2.09. The zero-order valence-electron chi connectivity index (χ0n) is 9.40. The summed E-state index contributed by atoms with van der Waals surface area (Å²) in [4.78, 5) is 11.7. The maximum atomic E-state index is 13.3. The Morgan fingerprint density at radius 2 is 2.35 bits per heavy atom. The molecule has 0 bridgehead atoms. The minimum absolute atomic E-state index is 0.427. The summed E-state index contributed by atoms with van der Waals surface area (Å²) in [5, 5.41) is 20.5. The van der Waals surface area contributed by atoms with Crippen molar-refractivity contribution in [1.82, 2.24) is 5.32 Å². The van der Waals surface area contributed by atoms with Gasteiger partial charge in [0.2, 0.25) is 0 Å². The summed E-state index contributed by atoms with van der Waals surface area (Å²) in [6.07, 6.45) is 1.21. The smallest absolute Gasteiger partial charge is 0.259 e. The van der Waals surface area contributed by atoms with Gasteiger partial charge in [0.1, 0.15) is 23.2 Å². The molecule has 1 amide bonds. The predicted molar refractivity (Wildman–Crippen MR) is 59.8 cm³/mol. The first kappa shape index (κ1) is 13.0. The Morgan fingerprint density at radius 1 is 1.65 bits per heavy atom. The fourth-order valence-electron chi connectivity index (χ4n) is 1.43. The molecule has 0 aliphatic heterocycles. The summed E-state index contributed by atoms with van der Waals surface area (Å²) in [6, 6.07) is 4.83. The van der Waals surface area contributed by atoms with Crippen molar-refractivity contribution in [2.75, 3.05) is 0 Å². The van der Waals surface area contributed by atoms with Crippen molar-refractivity contribution in [2.24, 2.45) is 0 Å². The van der Waals surface area contributed by atoms with Crippen LogP contribution in [0, 0.1) is 17.1 Å². The van der Waals surface area contributed by atoms with Crippen LogP contribution in [0.3, 0.4) is 0 Å². The summed E-state index contributed by atoms with van der Waals surface area (Å²) in [6.45, 7) is 1.87. The number of aromatic hydroxyl groups is 1. The molecule has 1 atom stereocenters. The van der Waals surface area contributed by atoms with Crippen LogP contribution in [0.2, 0.25) is 0 Å². The van der Waals surface area contributed by atoms with Gasteiger partial charge in [-0.15, -0.1) is 0 Å². The van der Waals surface area contributed by atoms with Crippen molar-refractivity contribution in [3.05, 3.63) is 29.6 Å². The Kier molecular flexibility index (Phi) is 4.46. The lowest BCUT2D eigenvalue weighted by atomic mass is 10.1. The molecular weight excluding hydrogens is 223 g/mol. The van der Waals surface area contributed by atoms with E-state index in [1.165, 1.54) is 12.1 Å². The maximum absolute atomic E-state index is 13.3. The Labute approximate surface area is 98.7 Å². The van der Waals surface area contributed by atoms with Crippen LogP contribution in [0.5, 0.6) is 5.75 Å². The number of hydrogen-bond acceptors (Lipinski definition) is 3. The third kappa shape index (κ3) is 3.18. The van der Waals surface area contributed by atoms with Gasteiger partial charge in [0.05, 0.1) is 6.07 Å². The Bertz CT molecular complexity index is 434. The second-order valence-corrected chi connectivity index (χ2v) is 3.58. The number of benzene rings is 1. The second kappa shape index (κ2) is 5.85. The molecular formula is C12H13FN2O2. The van der Waals surface area contributed by atoms with Crippen molar-refractivity contribution in [2.45, 2.75) is 25.8 Å². The number of nitrogens with one attached hydrogen (secondary N) is 1. The van der Waals surface area contributed by atoms with Crippen LogP contribution >= 0.6 is 0 Å². The summed E-state index contributed by atoms with van der Waals surface area (Å²) in [7, 11) is 0. The molecule has 0 radical (unpaired) electrons. The number of nitrogens with zero attached hydrogens (tertiary/aromatic N) is 1. The molecule has 2 N–H and O–H groups in total. The molecule has 0 saturated heterocycles. The van der Waals surface area contributed by atoms with E-state index in [9.17, 15) is 14.3 Å². The number of carbonyl (C=O) groups is 1. The van der Waals surface area contributed by atoms with Gasteiger partial charge in [0.25, 0.3) is 5.91 Å². The molecule has 5 heteroatoms. The zero-order valence-corrected chi connectivity index (χ0v) is 9.40. The molecule has 90 valence electrons. The molecule has 1 aromatic rings. The standard InChI is InChI=1S/C12H13FN2O2/c1-2-4-8(7-14)15-12(17)11-9(13)5-3-6-10(11)16/h3,5-6,8,16H,2,4H2,1H3,(H,15,17). The maximum Gasteiger partial charge on any atom is 0.259 e. The van der Waals surface area contributed by atoms with Crippen LogP contribution in [-0.4, -0.2) is 17.1 Å². The number of nitriles is 1. The molecule has 0 fully saturated rings. The first-order valence-corrected chi connectivity index (χ1v) is 5.28. The molecule has 0 aliphatic carbocycles. The topological polar surface area (TPSA) is 73.1 Å². The zero-order chi connectivity index (χ0) is 12.8. The summed E-state index contributed by atoms with van der Waals surface area (Å²) < 4.78 is 13.3. The van der Waals surface area contributed by atoms with Crippen molar-refractivity contribution >= 4 is 5.91 Å². The van der Waals surface area contributed by atoms with Gasteiger partial charge in [-0.3, -0.25) is 4.79 Å². The van der Waals surface area contributed by atoms with Gasteiger partial charge in [-0.05, 0) is 18.6 Å². The van der Waals surface area contributed by atoms with Gasteiger partial charge >= 0.3 is 0 Å². The number of hydrogen-bond donors (Lipinski definition) is 2. The normalized spacial score (nSPS) is 11.6. The van der Waals surface area contributed by atoms with Crippen LogP contribution in [0.4, 0.5) is 4.39 Å². The third-order valence-corrected chi connectivity index (χ3v) is 2.26. The average Bonchev–Trinajstić information content (AvgIpc) is 2.28. The van der Waals surface area contributed by atoms with E-state index in [2.05, 4.69) is 5.32 Å². The summed E-state index contributed by atoms with van der Waals surface area (Å²) in [5.74, 6) is -2.02. The minimum atomic E-state index is -0.810. The molecule has 0 heterocycles. The van der Waals surface area contributed by atoms with Gasteiger partial charge in [-0.2, -0.15) is 5.26 Å². The van der Waals surface area contributed by atoms with Gasteiger partial charge in [-0.1, -0.05) is 19.4 Å². The summed E-state index contributed by atoms with van der Waals surface area (Å²) >= 11 is 0. The van der Waals surface area contributed by atoms with E-state index in [0.717, 1.165) is 12.5 Å². The molecule has 0 aromatic heterocycles. The van der Waals surface area contributed by atoms with Gasteiger partial charge in [0.15, 0.2) is 0 Å². The Morgan fingerprint density at radius 3 is 2.88 bits per heavy atom. The summed E-state index contributed by atoms with van der Waals surface area (Å²) in [5.41, 5.74) is -0.427. The fraction of sp³-hybridized carbons (Fsp3) is 0.333. The van der Waals surface area contributed by atoms with E-state index in [1.54, 1.807) is 0 Å². The lowest BCUT2D eigenvalue weighted by Crippen LogP contribution is -2.34. The highest BCUT2D eigenvalue weighted by atomic mass is 19.1. The van der Waals surface area contributed by atoms with Crippen molar-refractivity contribution < 1.29 is 14.3 Å². The van der Waals surface area contributed by atoms with Crippen LogP contribution in [-0.2, 0) is 0 Å². The fourth-order valence-corrected chi connectivity index (χ4v) is 1.43. The highest BCUT2D eigenvalue weighted by molar-refractivity contribution is 5.97. The van der Waals surface area contributed by atoms with Crippen molar-refractivity contribution in [3.8, 4) is 11.8 Å². The predicted octanol–water partition coefficient (Wildman–Crippen LogP) is 1.95. The van der Waals surface area contributed by atoms with E-state index in [4.69, 9.17) is 5.26 Å². The van der Waals surface area contributed by atoms with E-state index < -0.39 is 29.1 Å². The number of amides is 1. The number of phenols is 1. The lowest BCUT2D eigenvalue weighted by molar-refractivity contribution is 0.0937. The minimum Gasteiger partial charge on any atom is -0.507 e. The quantitative estimate of drug-likeness (QED) is 0.839. The van der Waals surface area contributed by atoms with E-state index >= 15 is 0 Å². The van der Waals surface area contributed by atoms with Crippen molar-refractivity contribution in [3.63, 3.8) is 0 Å². The number of halogens is 1. The highest BCUT2D eigenvalue weighted by Gasteiger charge is 2.19. The SMILES string of the molecule is CCCC(C#N)NC(=O)c1c(O)cccc1F. The van der Waals surface area contributed by atoms with Crippen LogP contribution in [0.25, 0.3) is 0 Å². The molecule has 17 heavy (non-hydrogen) atoms. The van der Waals surface area contributed by atoms with Gasteiger partial charge < -0.3 is 10.4 Å². The first-order chi connectivity index (χ1) is 8.10. The largest absolute Gasteiger partial charge is 0.507 e. The van der Waals surface area contributed by atoms with E-state index in [1.807, 2.05) is 13.0 Å². The molecule has 0 saturated carbocycles. The lowest BCUT2D eigenvalue weighted by Gasteiger charge is -2.11. The molecule has 1 rings (SSSR count). The average molecular weight is 236 g/mol. The molecule has 1 aromatic carbocycles. The van der Waals surface area contributed by atoms with E-state index in [0.29, 0.717) is 6.42 Å². The second-order valence-electron chi connectivity index (χ2n) is 3.58. The van der Waals surface area contributed by atoms with Crippen LogP contribution < -0.4 is 5.32 Å².